The molecule has 0 spiro atoms. The van der Waals surface area contributed by atoms with Gasteiger partial charge < -0.3 is 9.84 Å². The Kier molecular flexibility index (Phi) is 6.52. The smallest absolute Gasteiger partial charge is 0.137 e. The average molecular weight is 345 g/mol. The fraction of sp³-hybridized carbons (Fsp3) is 0.556. The average Bonchev–Trinajstić information content (AvgIpc) is 3.08. The van der Waals surface area contributed by atoms with Gasteiger partial charge >= 0.3 is 0 Å². The molecule has 0 radical (unpaired) electrons. The molecule has 7 nitrogen and oxygen atoms in total. The Bertz CT molecular complexity index is 607. The van der Waals surface area contributed by atoms with Gasteiger partial charge in [-0.05, 0) is 12.6 Å². The van der Waals surface area contributed by atoms with E-state index >= 15 is 0 Å². The number of benzene rings is 1. The number of β-amino-alcohol motifs (C(OH)–C–C–N with tert-alkyl or cyclic N) is 1. The molecule has 2 aromatic rings. The van der Waals surface area contributed by atoms with E-state index in [0.29, 0.717) is 26.2 Å². The van der Waals surface area contributed by atoms with Gasteiger partial charge in [0.05, 0.1) is 25.4 Å². The van der Waals surface area contributed by atoms with Crippen molar-refractivity contribution in [3.05, 3.63) is 48.5 Å². The minimum Gasteiger partial charge on any atom is -0.390 e. The number of ether oxygens (including phenoxy) is 1. The van der Waals surface area contributed by atoms with Gasteiger partial charge in [0.15, 0.2) is 0 Å². The van der Waals surface area contributed by atoms with E-state index in [1.165, 1.54) is 11.9 Å². The van der Waals surface area contributed by atoms with E-state index in [0.717, 1.165) is 19.6 Å². The van der Waals surface area contributed by atoms with Crippen LogP contribution in [0.15, 0.2) is 43.0 Å². The van der Waals surface area contributed by atoms with Crippen LogP contribution < -0.4 is 0 Å². The van der Waals surface area contributed by atoms with Gasteiger partial charge in [0.25, 0.3) is 0 Å². The molecule has 2 heterocycles. The van der Waals surface area contributed by atoms with E-state index in [1.54, 1.807) is 11.0 Å². The zero-order valence-corrected chi connectivity index (χ0v) is 14.7. The quantitative estimate of drug-likeness (QED) is 0.750. The second-order valence-corrected chi connectivity index (χ2v) is 6.71. The maximum atomic E-state index is 10.4. The van der Waals surface area contributed by atoms with Crippen LogP contribution in [0.2, 0.25) is 0 Å². The highest BCUT2D eigenvalue weighted by molar-refractivity contribution is 5.14. The van der Waals surface area contributed by atoms with Crippen LogP contribution in [-0.2, 0) is 17.8 Å². The molecule has 0 unspecified atom stereocenters. The van der Waals surface area contributed by atoms with Crippen LogP contribution in [0.4, 0.5) is 0 Å². The van der Waals surface area contributed by atoms with Crippen molar-refractivity contribution in [2.75, 3.05) is 39.8 Å². The highest BCUT2D eigenvalue weighted by Crippen LogP contribution is 2.09. The molecule has 136 valence electrons. The third-order valence-corrected chi connectivity index (χ3v) is 4.37. The number of likely N-dealkylation sites (N-methyl/N-ethyl adjacent to an activating group) is 1. The molecule has 0 bridgehead atoms. The molecular weight excluding hydrogens is 318 g/mol. The van der Waals surface area contributed by atoms with Crippen molar-refractivity contribution in [2.45, 2.75) is 25.3 Å². The van der Waals surface area contributed by atoms with E-state index in [-0.39, 0.29) is 12.2 Å². The summed E-state index contributed by atoms with van der Waals surface area (Å²) < 4.78 is 7.59. The summed E-state index contributed by atoms with van der Waals surface area (Å²) in [5.74, 6) is 0. The number of nitrogens with zero attached hydrogens (tertiary/aromatic N) is 5. The topological polar surface area (TPSA) is 66.7 Å². The van der Waals surface area contributed by atoms with Crippen LogP contribution in [0, 0.1) is 0 Å². The summed E-state index contributed by atoms with van der Waals surface area (Å²) in [5.41, 5.74) is 1.26. The van der Waals surface area contributed by atoms with Gasteiger partial charge in [0.2, 0.25) is 0 Å². The minimum atomic E-state index is -0.376. The summed E-state index contributed by atoms with van der Waals surface area (Å²) in [6.45, 7) is 5.20. The fourth-order valence-electron chi connectivity index (χ4n) is 3.27. The number of aliphatic hydroxyl groups is 1. The first kappa shape index (κ1) is 18.0. The molecule has 0 amide bonds. The maximum absolute atomic E-state index is 10.4. The van der Waals surface area contributed by atoms with Gasteiger partial charge in [-0.3, -0.25) is 14.5 Å². The third kappa shape index (κ3) is 5.89. The molecule has 0 saturated carbocycles. The van der Waals surface area contributed by atoms with Crippen molar-refractivity contribution in [3.8, 4) is 0 Å². The first-order chi connectivity index (χ1) is 12.2. The lowest BCUT2D eigenvalue weighted by Crippen LogP contribution is -2.48. The largest absolute Gasteiger partial charge is 0.390 e. The minimum absolute atomic E-state index is 0.0877. The molecule has 0 aliphatic carbocycles. The summed E-state index contributed by atoms with van der Waals surface area (Å²) >= 11 is 0. The predicted octanol–water partition coefficient (Wildman–Crippen LogP) is 0.472. The maximum Gasteiger partial charge on any atom is 0.137 e. The molecule has 3 rings (SSSR count). The molecular formula is C18H27N5O2. The fourth-order valence-corrected chi connectivity index (χ4v) is 3.27. The van der Waals surface area contributed by atoms with Crippen molar-refractivity contribution >= 4 is 0 Å². The Balaban J connectivity index is 1.41. The summed E-state index contributed by atoms with van der Waals surface area (Å²) in [5, 5.41) is 14.6. The van der Waals surface area contributed by atoms with Gasteiger partial charge in [-0.25, -0.2) is 4.98 Å². The highest BCUT2D eigenvalue weighted by atomic mass is 16.5. The Hall–Kier alpha value is -1.80. The lowest BCUT2D eigenvalue weighted by Gasteiger charge is -2.34. The Labute approximate surface area is 148 Å². The lowest BCUT2D eigenvalue weighted by molar-refractivity contribution is -0.0504. The van der Waals surface area contributed by atoms with Crippen molar-refractivity contribution < 1.29 is 9.84 Å². The zero-order chi connectivity index (χ0) is 17.5. The molecule has 1 aliphatic heterocycles. The van der Waals surface area contributed by atoms with Crippen LogP contribution in [0.25, 0.3) is 0 Å². The Morgan fingerprint density at radius 1 is 1.36 bits per heavy atom. The molecule has 25 heavy (non-hydrogen) atoms. The third-order valence-electron chi connectivity index (χ3n) is 4.37. The molecule has 7 heteroatoms. The molecule has 1 aromatic heterocycles. The molecule has 1 saturated heterocycles. The van der Waals surface area contributed by atoms with Crippen molar-refractivity contribution in [1.29, 1.82) is 0 Å². The number of rotatable bonds is 8. The standard InChI is InChI=1S/C18H27N5O2/c1-21(9-16-5-3-2-4-6-16)10-17(24)11-22-7-8-25-18(12-22)13-23-15-19-14-20-23/h2-6,14-15,17-18,24H,7-13H2,1H3/t17-,18+/m0/s1. The van der Waals surface area contributed by atoms with Crippen LogP contribution in [0.1, 0.15) is 5.56 Å². The van der Waals surface area contributed by atoms with Gasteiger partial charge in [-0.15, -0.1) is 0 Å². The predicted molar refractivity (Wildman–Crippen MR) is 95.0 cm³/mol. The van der Waals surface area contributed by atoms with Gasteiger partial charge in [-0.2, -0.15) is 5.10 Å². The Morgan fingerprint density at radius 3 is 2.96 bits per heavy atom. The van der Waals surface area contributed by atoms with E-state index in [1.807, 2.05) is 25.2 Å². The van der Waals surface area contributed by atoms with Crippen LogP contribution in [0.3, 0.4) is 0 Å². The number of hydrogen-bond donors (Lipinski definition) is 1. The Morgan fingerprint density at radius 2 is 2.20 bits per heavy atom. The molecule has 2 atom stereocenters. The van der Waals surface area contributed by atoms with E-state index in [9.17, 15) is 5.11 Å². The number of aliphatic hydroxyl groups excluding tert-OH is 1. The van der Waals surface area contributed by atoms with Crippen LogP contribution in [-0.4, -0.2) is 81.7 Å². The van der Waals surface area contributed by atoms with Gasteiger partial charge in [0.1, 0.15) is 12.7 Å². The molecule has 1 aliphatic rings. The number of aromatic nitrogens is 3. The number of morpholine rings is 1. The summed E-state index contributed by atoms with van der Waals surface area (Å²) in [6.07, 6.45) is 2.95. The second kappa shape index (κ2) is 9.05. The molecule has 1 aromatic carbocycles. The zero-order valence-electron chi connectivity index (χ0n) is 14.7. The first-order valence-electron chi connectivity index (χ1n) is 8.76. The van der Waals surface area contributed by atoms with Crippen molar-refractivity contribution in [1.82, 2.24) is 24.6 Å². The monoisotopic (exact) mass is 345 g/mol. The summed E-state index contributed by atoms with van der Waals surface area (Å²) in [6, 6.07) is 10.3. The van der Waals surface area contributed by atoms with E-state index in [2.05, 4.69) is 32.0 Å². The molecule has 1 N–H and O–H groups in total. The SMILES string of the molecule is CN(Cc1ccccc1)C[C@H](O)CN1CCO[C@@H](Cn2cncn2)C1. The van der Waals surface area contributed by atoms with Gasteiger partial charge in [0, 0.05) is 32.7 Å². The highest BCUT2D eigenvalue weighted by Gasteiger charge is 2.23. The summed E-state index contributed by atoms with van der Waals surface area (Å²) in [7, 11) is 2.04. The van der Waals surface area contributed by atoms with Crippen LogP contribution >= 0.6 is 0 Å². The van der Waals surface area contributed by atoms with Gasteiger partial charge in [-0.1, -0.05) is 30.3 Å². The van der Waals surface area contributed by atoms with Crippen molar-refractivity contribution in [3.63, 3.8) is 0 Å². The number of hydrogen-bond acceptors (Lipinski definition) is 6. The molecule has 1 fully saturated rings. The van der Waals surface area contributed by atoms with E-state index in [4.69, 9.17) is 4.74 Å². The van der Waals surface area contributed by atoms with Crippen molar-refractivity contribution in [2.24, 2.45) is 0 Å². The first-order valence-corrected chi connectivity index (χ1v) is 8.76. The van der Waals surface area contributed by atoms with Crippen LogP contribution in [0.5, 0.6) is 0 Å². The second-order valence-electron chi connectivity index (χ2n) is 6.71. The summed E-state index contributed by atoms with van der Waals surface area (Å²) in [4.78, 5) is 8.39. The lowest BCUT2D eigenvalue weighted by atomic mass is 10.2. The van der Waals surface area contributed by atoms with E-state index < -0.39 is 0 Å². The normalized spacial score (nSPS) is 20.0.